The maximum absolute atomic E-state index is 13.0. The number of amides is 1. The van der Waals surface area contributed by atoms with E-state index in [2.05, 4.69) is 25.7 Å². The highest BCUT2D eigenvalue weighted by atomic mass is 16.5. The van der Waals surface area contributed by atoms with Crippen molar-refractivity contribution in [2.24, 2.45) is 34.5 Å². The maximum Gasteiger partial charge on any atom is 0.310 e. The molecule has 0 spiro atoms. The highest BCUT2D eigenvalue weighted by Crippen LogP contribution is 2.66. The Morgan fingerprint density at radius 2 is 1.73 bits per heavy atom. The van der Waals surface area contributed by atoms with Gasteiger partial charge in [0.15, 0.2) is 11.5 Å². The van der Waals surface area contributed by atoms with E-state index in [1.807, 2.05) is 25.2 Å². The summed E-state index contributed by atoms with van der Waals surface area (Å²) in [7, 11) is 5.24. The number of piperidine rings is 1. The number of fused-ring (bicyclic) bond motifs is 5. The summed E-state index contributed by atoms with van der Waals surface area (Å²) >= 11 is 0. The third kappa shape index (κ3) is 4.32. The number of carbonyl (C=O) groups is 2. The minimum absolute atomic E-state index is 0.0930. The van der Waals surface area contributed by atoms with Gasteiger partial charge in [0, 0.05) is 25.4 Å². The first-order valence-electron chi connectivity index (χ1n) is 14.3. The van der Waals surface area contributed by atoms with Crippen LogP contribution in [-0.2, 0) is 20.7 Å². The summed E-state index contributed by atoms with van der Waals surface area (Å²) in [5.41, 5.74) is 1.32. The molecule has 0 N–H and O–H groups in total. The fourth-order valence-electron chi connectivity index (χ4n) is 9.45. The van der Waals surface area contributed by atoms with Gasteiger partial charge in [-0.3, -0.25) is 9.59 Å². The summed E-state index contributed by atoms with van der Waals surface area (Å²) in [6.07, 6.45) is 9.03. The standard InChI is InChI=1S/C31H45NO5/c1-19(37-29(34)18-20-7-11-25(35-5)26(17-20)36-6)22-9-10-23-21-8-12-27-31(3,16-14-28(33)32(27)4)24(21)13-15-30(22,23)2/h7,11,17,19,21-24,27H,8-10,12-16,18H2,1-6H3/t19?,21-,22+,23-,24-,27+,30+,31+/m0/s1. The van der Waals surface area contributed by atoms with Crippen LogP contribution in [0.4, 0.5) is 0 Å². The quantitative estimate of drug-likeness (QED) is 0.461. The average molecular weight is 512 g/mol. The van der Waals surface area contributed by atoms with Crippen LogP contribution in [-0.4, -0.2) is 50.2 Å². The number of nitrogens with zero attached hydrogens (tertiary/aromatic N) is 1. The molecular formula is C31H45NO5. The monoisotopic (exact) mass is 511 g/mol. The predicted octanol–water partition coefficient (Wildman–Crippen LogP) is 5.66. The van der Waals surface area contributed by atoms with Crippen LogP contribution in [0.2, 0.25) is 0 Å². The molecule has 1 saturated heterocycles. The number of rotatable bonds is 6. The summed E-state index contributed by atoms with van der Waals surface area (Å²) in [6.45, 7) is 7.07. The second-order valence-corrected chi connectivity index (χ2v) is 12.8. The second-order valence-electron chi connectivity index (χ2n) is 12.8. The summed E-state index contributed by atoms with van der Waals surface area (Å²) in [6, 6.07) is 5.98. The van der Waals surface area contributed by atoms with Gasteiger partial charge in [-0.25, -0.2) is 0 Å². The lowest BCUT2D eigenvalue weighted by Gasteiger charge is -2.62. The van der Waals surface area contributed by atoms with Gasteiger partial charge in [-0.1, -0.05) is 19.9 Å². The van der Waals surface area contributed by atoms with E-state index >= 15 is 0 Å². The number of methoxy groups -OCH3 is 2. The van der Waals surface area contributed by atoms with E-state index in [4.69, 9.17) is 14.2 Å². The lowest BCUT2D eigenvalue weighted by atomic mass is 9.46. The molecular weight excluding hydrogens is 466 g/mol. The minimum Gasteiger partial charge on any atom is -0.493 e. The summed E-state index contributed by atoms with van der Waals surface area (Å²) < 4.78 is 16.8. The van der Waals surface area contributed by atoms with Crippen LogP contribution >= 0.6 is 0 Å². The molecule has 1 aromatic carbocycles. The van der Waals surface area contributed by atoms with Crippen molar-refractivity contribution < 1.29 is 23.8 Å². The van der Waals surface area contributed by atoms with Crippen molar-refractivity contribution in [2.75, 3.05) is 21.3 Å². The Kier molecular flexibility index (Phi) is 6.99. The molecule has 1 aliphatic heterocycles. The largest absolute Gasteiger partial charge is 0.493 e. The van der Waals surface area contributed by atoms with Crippen molar-refractivity contribution >= 4 is 11.9 Å². The first-order valence-corrected chi connectivity index (χ1v) is 14.3. The third-order valence-corrected chi connectivity index (χ3v) is 11.3. The number of esters is 1. The van der Waals surface area contributed by atoms with E-state index in [1.54, 1.807) is 14.2 Å². The van der Waals surface area contributed by atoms with Crippen molar-refractivity contribution in [3.8, 4) is 11.5 Å². The molecule has 1 unspecified atom stereocenters. The molecule has 4 fully saturated rings. The van der Waals surface area contributed by atoms with Crippen molar-refractivity contribution in [2.45, 2.75) is 90.7 Å². The zero-order valence-electron chi connectivity index (χ0n) is 23.5. The van der Waals surface area contributed by atoms with Crippen molar-refractivity contribution in [3.05, 3.63) is 23.8 Å². The molecule has 6 nitrogen and oxygen atoms in total. The molecule has 4 aliphatic rings. The summed E-state index contributed by atoms with van der Waals surface area (Å²) in [5, 5.41) is 0. The molecule has 6 heteroatoms. The zero-order chi connectivity index (χ0) is 26.5. The van der Waals surface area contributed by atoms with Gasteiger partial charge in [-0.05, 0) is 98.1 Å². The number of hydrogen-bond acceptors (Lipinski definition) is 5. The average Bonchev–Trinajstić information content (AvgIpc) is 3.23. The van der Waals surface area contributed by atoms with Gasteiger partial charge in [0.2, 0.25) is 5.91 Å². The van der Waals surface area contributed by atoms with Crippen molar-refractivity contribution in [3.63, 3.8) is 0 Å². The van der Waals surface area contributed by atoms with Crippen molar-refractivity contribution in [1.82, 2.24) is 4.90 Å². The van der Waals surface area contributed by atoms with Crippen LogP contribution in [0.25, 0.3) is 0 Å². The molecule has 0 aromatic heterocycles. The fraction of sp³-hybridized carbons (Fsp3) is 0.742. The van der Waals surface area contributed by atoms with Crippen LogP contribution < -0.4 is 9.47 Å². The van der Waals surface area contributed by atoms with Crippen LogP contribution in [0.15, 0.2) is 18.2 Å². The Morgan fingerprint density at radius 3 is 2.46 bits per heavy atom. The Hall–Kier alpha value is -2.24. The van der Waals surface area contributed by atoms with E-state index in [9.17, 15) is 9.59 Å². The predicted molar refractivity (Wildman–Crippen MR) is 142 cm³/mol. The fourth-order valence-corrected chi connectivity index (χ4v) is 9.45. The van der Waals surface area contributed by atoms with E-state index in [0.29, 0.717) is 47.6 Å². The maximum atomic E-state index is 13.0. The Morgan fingerprint density at radius 1 is 1.00 bits per heavy atom. The van der Waals surface area contributed by atoms with Crippen LogP contribution in [0.3, 0.4) is 0 Å². The number of likely N-dealkylation sites (tertiary alicyclic amines) is 1. The number of ether oxygens (including phenoxy) is 3. The Balaban J connectivity index is 1.25. The van der Waals surface area contributed by atoms with Crippen molar-refractivity contribution in [1.29, 1.82) is 0 Å². The van der Waals surface area contributed by atoms with Gasteiger partial charge in [0.05, 0.1) is 20.6 Å². The Bertz CT molecular complexity index is 1040. The number of benzene rings is 1. The van der Waals surface area contributed by atoms with Gasteiger partial charge in [-0.15, -0.1) is 0 Å². The summed E-state index contributed by atoms with van der Waals surface area (Å²) in [5.74, 6) is 3.93. The third-order valence-electron chi connectivity index (χ3n) is 11.3. The van der Waals surface area contributed by atoms with E-state index in [0.717, 1.165) is 30.7 Å². The zero-order valence-corrected chi connectivity index (χ0v) is 23.5. The molecule has 0 radical (unpaired) electrons. The molecule has 1 amide bonds. The van der Waals surface area contributed by atoms with Crippen LogP contribution in [0.5, 0.6) is 11.5 Å². The van der Waals surface area contributed by atoms with E-state index in [-0.39, 0.29) is 29.3 Å². The highest BCUT2D eigenvalue weighted by Gasteiger charge is 2.61. The smallest absolute Gasteiger partial charge is 0.310 e. The number of hydrogen-bond donors (Lipinski definition) is 0. The SMILES string of the molecule is COc1ccc(CC(=O)OC(C)[C@H]2CC[C@H]3[C@@H]4CC[C@H]5N(C)C(=O)CC[C@]5(C)[C@H]4CC[C@]23C)cc1OC. The van der Waals surface area contributed by atoms with Gasteiger partial charge in [-0.2, -0.15) is 0 Å². The van der Waals surface area contributed by atoms with Gasteiger partial charge in [0.1, 0.15) is 6.10 Å². The second kappa shape index (κ2) is 9.81. The molecule has 3 saturated carbocycles. The number of carbonyl (C=O) groups excluding carboxylic acids is 2. The molecule has 37 heavy (non-hydrogen) atoms. The summed E-state index contributed by atoms with van der Waals surface area (Å²) in [4.78, 5) is 27.5. The topological polar surface area (TPSA) is 65.1 Å². The molecule has 5 rings (SSSR count). The van der Waals surface area contributed by atoms with E-state index in [1.165, 1.54) is 25.7 Å². The van der Waals surface area contributed by atoms with Crippen LogP contribution in [0.1, 0.15) is 77.7 Å². The molecule has 3 aliphatic carbocycles. The lowest BCUT2D eigenvalue weighted by Crippen LogP contribution is -2.61. The molecule has 1 heterocycles. The molecule has 8 atom stereocenters. The highest BCUT2D eigenvalue weighted by molar-refractivity contribution is 5.77. The van der Waals surface area contributed by atoms with Gasteiger partial charge < -0.3 is 19.1 Å². The minimum atomic E-state index is -0.177. The first kappa shape index (κ1) is 26.4. The molecule has 1 aromatic rings. The van der Waals surface area contributed by atoms with Gasteiger partial charge >= 0.3 is 5.97 Å². The molecule has 0 bridgehead atoms. The first-order chi connectivity index (χ1) is 17.6. The van der Waals surface area contributed by atoms with Crippen LogP contribution in [0, 0.1) is 34.5 Å². The Labute approximate surface area is 222 Å². The van der Waals surface area contributed by atoms with Gasteiger partial charge in [0.25, 0.3) is 0 Å². The normalized spacial score (nSPS) is 37.7. The lowest BCUT2D eigenvalue weighted by molar-refractivity contribution is -0.164. The molecule has 204 valence electrons. The van der Waals surface area contributed by atoms with E-state index < -0.39 is 0 Å².